The molecule has 0 aliphatic rings. The molecule has 1 N–H and O–H groups in total. The molecule has 0 aliphatic carbocycles. The zero-order valence-corrected chi connectivity index (χ0v) is 11.1. The maximum atomic E-state index is 14.0. The van der Waals surface area contributed by atoms with Crippen LogP contribution in [0.5, 0.6) is 0 Å². The molecule has 0 amide bonds. The number of benzene rings is 2. The predicted molar refractivity (Wildman–Crippen MR) is 74.7 cm³/mol. The van der Waals surface area contributed by atoms with E-state index in [-0.39, 0.29) is 5.56 Å². The van der Waals surface area contributed by atoms with Gasteiger partial charge in [-0.3, -0.25) is 0 Å². The summed E-state index contributed by atoms with van der Waals surface area (Å²) in [4.78, 5) is 0. The van der Waals surface area contributed by atoms with E-state index >= 15 is 0 Å². The molecule has 2 aromatic rings. The largest absolute Gasteiger partial charge is 0.379 e. The Morgan fingerprint density at radius 2 is 1.63 bits per heavy atom. The molecular weight excluding hydrogens is 244 g/mol. The van der Waals surface area contributed by atoms with Crippen LogP contribution >= 0.6 is 0 Å². The minimum atomic E-state index is -2.87. The lowest BCUT2D eigenvalue weighted by molar-refractivity contribution is 0.0106. The molecule has 0 spiro atoms. The molecule has 0 fully saturated rings. The third-order valence-electron chi connectivity index (χ3n) is 3.22. The summed E-state index contributed by atoms with van der Waals surface area (Å²) >= 11 is 0. The molecule has 0 aliphatic heterocycles. The highest BCUT2D eigenvalue weighted by molar-refractivity contribution is 5.48. The van der Waals surface area contributed by atoms with Crippen LogP contribution in [0, 0.1) is 13.8 Å². The first kappa shape index (κ1) is 13.5. The summed E-state index contributed by atoms with van der Waals surface area (Å²) in [5.74, 6) is -2.87. The van der Waals surface area contributed by atoms with Gasteiger partial charge < -0.3 is 5.32 Å². The van der Waals surface area contributed by atoms with Crippen molar-refractivity contribution in [1.29, 1.82) is 0 Å². The van der Waals surface area contributed by atoms with E-state index in [0.717, 1.165) is 16.8 Å². The maximum absolute atomic E-state index is 14.0. The van der Waals surface area contributed by atoms with Crippen LogP contribution in [0.3, 0.4) is 0 Å². The zero-order chi connectivity index (χ0) is 13.9. The summed E-state index contributed by atoms with van der Waals surface area (Å²) in [5, 5.41) is 2.80. The summed E-state index contributed by atoms with van der Waals surface area (Å²) in [6.45, 7) is 3.56. The number of hydrogen-bond donors (Lipinski definition) is 1. The number of alkyl halides is 2. The van der Waals surface area contributed by atoms with E-state index in [0.29, 0.717) is 0 Å². The summed E-state index contributed by atoms with van der Waals surface area (Å²) in [6.07, 6.45) is 0. The van der Waals surface area contributed by atoms with Gasteiger partial charge in [0.05, 0.1) is 6.54 Å². The van der Waals surface area contributed by atoms with E-state index in [4.69, 9.17) is 0 Å². The number of rotatable bonds is 4. The maximum Gasteiger partial charge on any atom is 0.290 e. The fraction of sp³-hybridized carbons (Fsp3) is 0.250. The summed E-state index contributed by atoms with van der Waals surface area (Å²) in [7, 11) is 0. The lowest BCUT2D eigenvalue weighted by Gasteiger charge is -2.18. The highest BCUT2D eigenvalue weighted by atomic mass is 19.3. The monoisotopic (exact) mass is 261 g/mol. The zero-order valence-electron chi connectivity index (χ0n) is 11.1. The number of anilines is 1. The standard InChI is InChI=1S/C16H17F2N/c1-12-8-9-15(10-13(12)2)19-11-16(17,18)14-6-4-3-5-7-14/h3-10,19H,11H2,1-2H3. The molecule has 100 valence electrons. The topological polar surface area (TPSA) is 12.0 Å². The smallest absolute Gasteiger partial charge is 0.290 e. The second kappa shape index (κ2) is 5.39. The summed E-state index contributed by atoms with van der Waals surface area (Å²) < 4.78 is 27.9. The van der Waals surface area contributed by atoms with E-state index < -0.39 is 12.5 Å². The third-order valence-corrected chi connectivity index (χ3v) is 3.22. The van der Waals surface area contributed by atoms with Crippen LogP contribution in [-0.2, 0) is 5.92 Å². The molecule has 1 nitrogen and oxygen atoms in total. The molecule has 0 saturated heterocycles. The van der Waals surface area contributed by atoms with Gasteiger partial charge >= 0.3 is 0 Å². The fourth-order valence-corrected chi connectivity index (χ4v) is 1.85. The quantitative estimate of drug-likeness (QED) is 0.854. The molecule has 3 heteroatoms. The van der Waals surface area contributed by atoms with Crippen molar-refractivity contribution in [2.45, 2.75) is 19.8 Å². The molecule has 0 saturated carbocycles. The van der Waals surface area contributed by atoms with Crippen molar-refractivity contribution in [3.8, 4) is 0 Å². The van der Waals surface area contributed by atoms with Crippen LogP contribution in [0.15, 0.2) is 48.5 Å². The molecule has 0 aromatic heterocycles. The highest BCUT2D eigenvalue weighted by Crippen LogP contribution is 2.28. The Morgan fingerprint density at radius 1 is 0.947 bits per heavy atom. The normalized spacial score (nSPS) is 11.4. The van der Waals surface area contributed by atoms with Crippen molar-refractivity contribution in [2.24, 2.45) is 0 Å². The fourth-order valence-electron chi connectivity index (χ4n) is 1.85. The number of aryl methyl sites for hydroxylation is 2. The van der Waals surface area contributed by atoms with Crippen LogP contribution in [0.1, 0.15) is 16.7 Å². The van der Waals surface area contributed by atoms with Gasteiger partial charge in [-0.15, -0.1) is 0 Å². The molecule has 2 rings (SSSR count). The van der Waals surface area contributed by atoms with Crippen LogP contribution in [0.4, 0.5) is 14.5 Å². The molecular formula is C16H17F2N. The number of nitrogens with one attached hydrogen (secondary N) is 1. The Hall–Kier alpha value is -1.90. The van der Waals surface area contributed by atoms with Crippen LogP contribution in [-0.4, -0.2) is 6.54 Å². The van der Waals surface area contributed by atoms with Crippen molar-refractivity contribution in [2.75, 3.05) is 11.9 Å². The second-order valence-electron chi connectivity index (χ2n) is 4.72. The summed E-state index contributed by atoms with van der Waals surface area (Å²) in [5.41, 5.74) is 3.00. The summed E-state index contributed by atoms with van der Waals surface area (Å²) in [6, 6.07) is 13.5. The Balaban J connectivity index is 2.07. The Bertz CT molecular complexity index is 550. The van der Waals surface area contributed by atoms with Gasteiger partial charge in [0.1, 0.15) is 0 Å². The molecule has 2 aromatic carbocycles. The average Bonchev–Trinajstić information content (AvgIpc) is 2.41. The van der Waals surface area contributed by atoms with Crippen LogP contribution in [0.2, 0.25) is 0 Å². The molecule has 0 unspecified atom stereocenters. The molecule has 19 heavy (non-hydrogen) atoms. The van der Waals surface area contributed by atoms with Gasteiger partial charge in [0.2, 0.25) is 0 Å². The minimum Gasteiger partial charge on any atom is -0.379 e. The molecule has 0 heterocycles. The predicted octanol–water partition coefficient (Wildman–Crippen LogP) is 4.51. The Labute approximate surface area is 112 Å². The SMILES string of the molecule is Cc1ccc(NCC(F)(F)c2ccccc2)cc1C. The number of hydrogen-bond acceptors (Lipinski definition) is 1. The van der Waals surface area contributed by atoms with Gasteiger partial charge in [-0.2, -0.15) is 8.78 Å². The van der Waals surface area contributed by atoms with Crippen molar-refractivity contribution in [1.82, 2.24) is 0 Å². The lowest BCUT2D eigenvalue weighted by Crippen LogP contribution is -2.24. The van der Waals surface area contributed by atoms with E-state index in [1.165, 1.54) is 12.1 Å². The Morgan fingerprint density at radius 3 is 2.26 bits per heavy atom. The molecule has 0 bridgehead atoms. The molecule has 0 atom stereocenters. The van der Waals surface area contributed by atoms with Gasteiger partial charge in [-0.1, -0.05) is 36.4 Å². The third kappa shape index (κ3) is 3.31. The van der Waals surface area contributed by atoms with Crippen LogP contribution in [0.25, 0.3) is 0 Å². The lowest BCUT2D eigenvalue weighted by atomic mass is 10.1. The van der Waals surface area contributed by atoms with Crippen molar-refractivity contribution >= 4 is 5.69 Å². The first-order valence-corrected chi connectivity index (χ1v) is 6.23. The van der Waals surface area contributed by atoms with Crippen molar-refractivity contribution in [3.05, 3.63) is 65.2 Å². The highest BCUT2D eigenvalue weighted by Gasteiger charge is 2.30. The van der Waals surface area contributed by atoms with E-state index in [9.17, 15) is 8.78 Å². The average molecular weight is 261 g/mol. The Kier molecular flexibility index (Phi) is 3.84. The van der Waals surface area contributed by atoms with E-state index in [1.54, 1.807) is 18.2 Å². The van der Waals surface area contributed by atoms with Gasteiger partial charge in [0.15, 0.2) is 0 Å². The van der Waals surface area contributed by atoms with Gasteiger partial charge in [-0.05, 0) is 37.1 Å². The molecule has 0 radical (unpaired) electrons. The van der Waals surface area contributed by atoms with Crippen molar-refractivity contribution in [3.63, 3.8) is 0 Å². The first-order valence-electron chi connectivity index (χ1n) is 6.23. The van der Waals surface area contributed by atoms with Crippen molar-refractivity contribution < 1.29 is 8.78 Å². The van der Waals surface area contributed by atoms with Gasteiger partial charge in [0.25, 0.3) is 5.92 Å². The van der Waals surface area contributed by atoms with Crippen LogP contribution < -0.4 is 5.32 Å². The van der Waals surface area contributed by atoms with E-state index in [2.05, 4.69) is 5.32 Å². The first-order chi connectivity index (χ1) is 8.99. The minimum absolute atomic E-state index is 0.0336. The van der Waals surface area contributed by atoms with Gasteiger partial charge in [0, 0.05) is 11.3 Å². The number of halogens is 2. The van der Waals surface area contributed by atoms with E-state index in [1.807, 2.05) is 32.0 Å². The second-order valence-corrected chi connectivity index (χ2v) is 4.72. The van der Waals surface area contributed by atoms with Gasteiger partial charge in [-0.25, -0.2) is 0 Å².